The maximum Gasteiger partial charge on any atom is 0.0174 e. The first kappa shape index (κ1) is 11.6. The second-order valence-electron chi connectivity index (χ2n) is 4.32. The zero-order chi connectivity index (χ0) is 9.56. The molecule has 0 heteroatoms. The molecule has 0 bridgehead atoms. The molecule has 1 atom stereocenters. The largest absolute Gasteiger partial charge is 0.100 e. The minimum absolute atomic E-state index is 0.520. The Morgan fingerprint density at radius 1 is 0.833 bits per heavy atom. The van der Waals surface area contributed by atoms with Crippen molar-refractivity contribution in [1.82, 2.24) is 0 Å². The van der Waals surface area contributed by atoms with Gasteiger partial charge < -0.3 is 0 Å². The Bertz CT molecular complexity index is 155. The highest BCUT2D eigenvalue weighted by atomic mass is 14.0. The van der Waals surface area contributed by atoms with E-state index in [1.165, 1.54) is 12.8 Å². The van der Waals surface area contributed by atoms with Gasteiger partial charge in [0.15, 0.2) is 0 Å². The van der Waals surface area contributed by atoms with Gasteiger partial charge in [-0.2, -0.15) is 0 Å². The lowest BCUT2D eigenvalue weighted by Crippen LogP contribution is -1.95. The normalized spacial score (nSPS) is 12.9. The fourth-order valence-corrected chi connectivity index (χ4v) is 0.964. The Labute approximate surface area is 77.8 Å². The van der Waals surface area contributed by atoms with Gasteiger partial charge in [-0.3, -0.25) is 0 Å². The van der Waals surface area contributed by atoms with Crippen LogP contribution < -0.4 is 0 Å². The van der Waals surface area contributed by atoms with Crippen molar-refractivity contribution < 1.29 is 0 Å². The van der Waals surface area contributed by atoms with Crippen molar-refractivity contribution in [3.05, 3.63) is 0 Å². The van der Waals surface area contributed by atoms with Crippen LogP contribution in [0.15, 0.2) is 0 Å². The van der Waals surface area contributed by atoms with Gasteiger partial charge in [-0.25, -0.2) is 0 Å². The molecule has 70 valence electrons. The van der Waals surface area contributed by atoms with E-state index in [1.807, 2.05) is 0 Å². The Balaban J connectivity index is 3.61. The minimum Gasteiger partial charge on any atom is -0.100 e. The summed E-state index contributed by atoms with van der Waals surface area (Å²) in [6.45, 7) is 11.0. The molecule has 0 rings (SSSR count). The first-order valence-electron chi connectivity index (χ1n) is 5.03. The smallest absolute Gasteiger partial charge is 0.0174 e. The summed E-state index contributed by atoms with van der Waals surface area (Å²) in [5.41, 5.74) is 0. The quantitative estimate of drug-likeness (QED) is 0.561. The molecule has 0 spiro atoms. The zero-order valence-electron chi connectivity index (χ0n) is 9.15. The van der Waals surface area contributed by atoms with Crippen LogP contribution >= 0.6 is 0 Å². The third kappa shape index (κ3) is 7.66. The predicted octanol–water partition coefficient (Wildman–Crippen LogP) is 3.72. The summed E-state index contributed by atoms with van der Waals surface area (Å²) in [5.74, 6) is 8.42. The van der Waals surface area contributed by atoms with Gasteiger partial charge in [-0.05, 0) is 18.8 Å². The summed E-state index contributed by atoms with van der Waals surface area (Å²) < 4.78 is 0. The maximum absolute atomic E-state index is 3.29. The zero-order valence-corrected chi connectivity index (χ0v) is 9.15. The minimum atomic E-state index is 0.520. The monoisotopic (exact) mass is 166 g/mol. The molecule has 12 heavy (non-hydrogen) atoms. The number of hydrogen-bond donors (Lipinski definition) is 0. The van der Waals surface area contributed by atoms with Crippen molar-refractivity contribution in [3.8, 4) is 11.8 Å². The summed E-state index contributed by atoms with van der Waals surface area (Å²) >= 11 is 0. The lowest BCUT2D eigenvalue weighted by atomic mass is 9.99. The van der Waals surface area contributed by atoms with E-state index in [9.17, 15) is 0 Å². The summed E-state index contributed by atoms with van der Waals surface area (Å²) in [4.78, 5) is 0. The van der Waals surface area contributed by atoms with Gasteiger partial charge in [0.2, 0.25) is 0 Å². The Morgan fingerprint density at radius 3 is 1.83 bits per heavy atom. The van der Waals surface area contributed by atoms with Gasteiger partial charge in [0.25, 0.3) is 0 Å². The van der Waals surface area contributed by atoms with E-state index in [0.29, 0.717) is 11.8 Å². The first-order valence-corrected chi connectivity index (χ1v) is 5.03. The maximum atomic E-state index is 3.29. The molecule has 0 saturated carbocycles. The summed E-state index contributed by atoms with van der Waals surface area (Å²) in [5, 5.41) is 0. The second kappa shape index (κ2) is 6.12. The molecule has 0 heterocycles. The summed E-state index contributed by atoms with van der Waals surface area (Å²) in [6.07, 6.45) is 2.55. The fourth-order valence-electron chi connectivity index (χ4n) is 0.964. The van der Waals surface area contributed by atoms with Crippen molar-refractivity contribution in [2.45, 2.75) is 47.5 Å². The molecule has 0 unspecified atom stereocenters. The van der Waals surface area contributed by atoms with E-state index in [2.05, 4.69) is 46.5 Å². The lowest BCUT2D eigenvalue weighted by Gasteiger charge is -2.06. The number of hydrogen-bond acceptors (Lipinski definition) is 0. The Kier molecular flexibility index (Phi) is 5.89. The van der Waals surface area contributed by atoms with Gasteiger partial charge in [0, 0.05) is 11.8 Å². The molecule has 0 aromatic carbocycles. The van der Waals surface area contributed by atoms with Crippen LogP contribution in [0.4, 0.5) is 0 Å². The van der Waals surface area contributed by atoms with Crippen molar-refractivity contribution in [2.75, 3.05) is 0 Å². The molecule has 0 fully saturated rings. The van der Waals surface area contributed by atoms with Crippen molar-refractivity contribution in [2.24, 2.45) is 17.8 Å². The average molecular weight is 166 g/mol. The molecule has 0 aliphatic rings. The SMILES string of the molecule is CC(C)C#C[C@@H](C)CCC(C)C. The van der Waals surface area contributed by atoms with Crippen LogP contribution in [-0.4, -0.2) is 0 Å². The van der Waals surface area contributed by atoms with E-state index >= 15 is 0 Å². The highest BCUT2D eigenvalue weighted by molar-refractivity contribution is 5.04. The number of rotatable bonds is 3. The van der Waals surface area contributed by atoms with E-state index in [4.69, 9.17) is 0 Å². The molecule has 0 nitrogen and oxygen atoms in total. The summed E-state index contributed by atoms with van der Waals surface area (Å²) in [6, 6.07) is 0. The van der Waals surface area contributed by atoms with Crippen LogP contribution in [0.5, 0.6) is 0 Å². The second-order valence-corrected chi connectivity index (χ2v) is 4.32. The van der Waals surface area contributed by atoms with Crippen LogP contribution in [0.1, 0.15) is 47.5 Å². The van der Waals surface area contributed by atoms with Crippen LogP contribution in [0, 0.1) is 29.6 Å². The van der Waals surface area contributed by atoms with Crippen molar-refractivity contribution in [3.63, 3.8) is 0 Å². The van der Waals surface area contributed by atoms with Crippen LogP contribution in [-0.2, 0) is 0 Å². The molecule has 0 saturated heterocycles. The third-order valence-electron chi connectivity index (χ3n) is 1.80. The first-order chi connectivity index (χ1) is 5.52. The van der Waals surface area contributed by atoms with Gasteiger partial charge in [0.1, 0.15) is 0 Å². The molecular formula is C12H22. The Hall–Kier alpha value is -0.440. The Morgan fingerprint density at radius 2 is 1.42 bits per heavy atom. The highest BCUT2D eigenvalue weighted by Gasteiger charge is 1.99. The van der Waals surface area contributed by atoms with Crippen LogP contribution in [0.25, 0.3) is 0 Å². The molecular weight excluding hydrogens is 144 g/mol. The fraction of sp³-hybridized carbons (Fsp3) is 0.833. The van der Waals surface area contributed by atoms with Crippen LogP contribution in [0.3, 0.4) is 0 Å². The van der Waals surface area contributed by atoms with Crippen molar-refractivity contribution >= 4 is 0 Å². The van der Waals surface area contributed by atoms with Gasteiger partial charge in [-0.15, -0.1) is 5.92 Å². The van der Waals surface area contributed by atoms with E-state index in [0.717, 1.165) is 5.92 Å². The van der Waals surface area contributed by atoms with Gasteiger partial charge in [0.05, 0.1) is 0 Å². The standard InChI is InChI=1S/C12H22/c1-10(2)6-8-12(5)9-7-11(3)4/h10-12H,6,8H2,1-5H3/t12-/m0/s1. The average Bonchev–Trinajstić information content (AvgIpc) is 1.96. The highest BCUT2D eigenvalue weighted by Crippen LogP contribution is 2.10. The molecule has 0 aliphatic heterocycles. The molecule has 0 aliphatic carbocycles. The van der Waals surface area contributed by atoms with Gasteiger partial charge in [-0.1, -0.05) is 40.5 Å². The topological polar surface area (TPSA) is 0 Å². The molecule has 0 radical (unpaired) electrons. The predicted molar refractivity (Wildman–Crippen MR) is 55.9 cm³/mol. The van der Waals surface area contributed by atoms with E-state index < -0.39 is 0 Å². The molecule has 0 N–H and O–H groups in total. The molecule has 0 aromatic rings. The van der Waals surface area contributed by atoms with E-state index in [1.54, 1.807) is 0 Å². The van der Waals surface area contributed by atoms with E-state index in [-0.39, 0.29) is 0 Å². The third-order valence-corrected chi connectivity index (χ3v) is 1.80. The molecule has 0 amide bonds. The van der Waals surface area contributed by atoms with Crippen LogP contribution in [0.2, 0.25) is 0 Å². The van der Waals surface area contributed by atoms with Crippen molar-refractivity contribution in [1.29, 1.82) is 0 Å². The molecule has 0 aromatic heterocycles. The van der Waals surface area contributed by atoms with Gasteiger partial charge >= 0.3 is 0 Å². The summed E-state index contributed by atoms with van der Waals surface area (Å²) in [7, 11) is 0. The lowest BCUT2D eigenvalue weighted by molar-refractivity contribution is 0.509.